The quantitative estimate of drug-likeness (QED) is 0.741. The number of benzene rings is 1. The molecule has 1 N–H and O–H groups in total. The van der Waals surface area contributed by atoms with Gasteiger partial charge < -0.3 is 5.32 Å². The van der Waals surface area contributed by atoms with Crippen molar-refractivity contribution < 1.29 is 0 Å². The van der Waals surface area contributed by atoms with E-state index in [-0.39, 0.29) is 0 Å². The zero-order valence-corrected chi connectivity index (χ0v) is 12.5. The molecule has 1 unspecified atom stereocenters. The van der Waals surface area contributed by atoms with E-state index in [2.05, 4.69) is 64.2 Å². The van der Waals surface area contributed by atoms with Crippen LogP contribution in [-0.4, -0.2) is 12.6 Å². The van der Waals surface area contributed by atoms with Crippen molar-refractivity contribution >= 4 is 0 Å². The summed E-state index contributed by atoms with van der Waals surface area (Å²) in [5.41, 5.74) is 5.59. The Morgan fingerprint density at radius 2 is 2.00 bits per heavy atom. The van der Waals surface area contributed by atoms with E-state index in [1.54, 1.807) is 0 Å². The van der Waals surface area contributed by atoms with E-state index in [0.29, 0.717) is 6.04 Å². The van der Waals surface area contributed by atoms with Crippen LogP contribution in [0.25, 0.3) is 0 Å². The maximum Gasteiger partial charge on any atom is 0.0292 e. The number of hydrogen-bond acceptors (Lipinski definition) is 1. The molecule has 100 valence electrons. The van der Waals surface area contributed by atoms with E-state index in [9.17, 15) is 0 Å². The fraction of sp³-hybridized carbons (Fsp3) is 0.529. The zero-order chi connectivity index (χ0) is 13.5. The van der Waals surface area contributed by atoms with Crippen LogP contribution < -0.4 is 5.32 Å². The van der Waals surface area contributed by atoms with Crippen molar-refractivity contribution in [3.8, 4) is 0 Å². The molecule has 0 saturated heterocycles. The number of allylic oxidation sites excluding steroid dienone is 1. The Morgan fingerprint density at radius 3 is 2.61 bits per heavy atom. The van der Waals surface area contributed by atoms with Gasteiger partial charge in [-0.15, -0.1) is 0 Å². The first-order valence-corrected chi connectivity index (χ1v) is 6.97. The zero-order valence-electron chi connectivity index (χ0n) is 12.5. The molecule has 1 rings (SSSR count). The monoisotopic (exact) mass is 245 g/mol. The Labute approximate surface area is 112 Å². The summed E-state index contributed by atoms with van der Waals surface area (Å²) >= 11 is 0. The first-order valence-electron chi connectivity index (χ1n) is 6.97. The van der Waals surface area contributed by atoms with Crippen LogP contribution in [0.2, 0.25) is 0 Å². The van der Waals surface area contributed by atoms with Crippen molar-refractivity contribution in [1.82, 2.24) is 5.32 Å². The first kappa shape index (κ1) is 15.0. The molecule has 0 heterocycles. The van der Waals surface area contributed by atoms with Gasteiger partial charge in [0, 0.05) is 6.04 Å². The van der Waals surface area contributed by atoms with Crippen LogP contribution in [0.1, 0.15) is 43.9 Å². The van der Waals surface area contributed by atoms with Gasteiger partial charge in [-0.1, -0.05) is 42.3 Å². The summed E-state index contributed by atoms with van der Waals surface area (Å²) in [7, 11) is 0. The number of aryl methyl sites for hydroxylation is 2. The van der Waals surface area contributed by atoms with E-state index in [4.69, 9.17) is 0 Å². The average Bonchev–Trinajstić information content (AvgIpc) is 2.30. The SMILES string of the molecule is CCCNC(C=C(C)C)Cc1cc(C)ccc1C. The van der Waals surface area contributed by atoms with Crippen molar-refractivity contribution in [2.24, 2.45) is 0 Å². The van der Waals surface area contributed by atoms with Gasteiger partial charge in [0.15, 0.2) is 0 Å². The molecule has 0 radical (unpaired) electrons. The van der Waals surface area contributed by atoms with Gasteiger partial charge in [-0.25, -0.2) is 0 Å². The van der Waals surface area contributed by atoms with Gasteiger partial charge >= 0.3 is 0 Å². The van der Waals surface area contributed by atoms with Gasteiger partial charge in [-0.3, -0.25) is 0 Å². The molecule has 0 spiro atoms. The van der Waals surface area contributed by atoms with Crippen molar-refractivity contribution in [1.29, 1.82) is 0 Å². The van der Waals surface area contributed by atoms with Crippen molar-refractivity contribution in [2.45, 2.75) is 53.5 Å². The molecule has 0 aliphatic carbocycles. The van der Waals surface area contributed by atoms with Gasteiger partial charge in [-0.2, -0.15) is 0 Å². The lowest BCUT2D eigenvalue weighted by Gasteiger charge is -2.17. The van der Waals surface area contributed by atoms with Crippen LogP contribution in [0.5, 0.6) is 0 Å². The van der Waals surface area contributed by atoms with Gasteiger partial charge in [-0.05, 0) is 58.2 Å². The molecule has 0 fully saturated rings. The third-order valence-electron chi connectivity index (χ3n) is 3.14. The van der Waals surface area contributed by atoms with Crippen LogP contribution in [0.15, 0.2) is 29.8 Å². The maximum absolute atomic E-state index is 3.62. The molecular formula is C17H27N. The average molecular weight is 245 g/mol. The first-order chi connectivity index (χ1) is 8.52. The third kappa shape index (κ3) is 5.05. The van der Waals surface area contributed by atoms with Crippen LogP contribution in [0.3, 0.4) is 0 Å². The molecule has 0 aliphatic rings. The summed E-state index contributed by atoms with van der Waals surface area (Å²) in [5.74, 6) is 0. The Hall–Kier alpha value is -1.08. The Kier molecular flexibility index (Phi) is 6.14. The van der Waals surface area contributed by atoms with E-state index in [1.807, 2.05) is 0 Å². The topological polar surface area (TPSA) is 12.0 Å². The van der Waals surface area contributed by atoms with E-state index >= 15 is 0 Å². The predicted molar refractivity (Wildman–Crippen MR) is 81.1 cm³/mol. The summed E-state index contributed by atoms with van der Waals surface area (Å²) in [5, 5.41) is 3.62. The second kappa shape index (κ2) is 7.38. The number of rotatable bonds is 6. The van der Waals surface area contributed by atoms with Crippen LogP contribution in [-0.2, 0) is 6.42 Å². The predicted octanol–water partition coefficient (Wildman–Crippen LogP) is 4.18. The molecule has 1 aromatic carbocycles. The number of nitrogens with one attached hydrogen (secondary N) is 1. The maximum atomic E-state index is 3.62. The van der Waals surface area contributed by atoms with Gasteiger partial charge in [0.1, 0.15) is 0 Å². The molecule has 1 aromatic rings. The fourth-order valence-corrected chi connectivity index (χ4v) is 2.18. The molecular weight excluding hydrogens is 218 g/mol. The van der Waals surface area contributed by atoms with Gasteiger partial charge in [0.05, 0.1) is 0 Å². The Balaban J connectivity index is 2.81. The minimum absolute atomic E-state index is 0.454. The molecule has 0 aliphatic heterocycles. The fourth-order valence-electron chi connectivity index (χ4n) is 2.18. The Bertz CT molecular complexity index is 400. The highest BCUT2D eigenvalue weighted by Gasteiger charge is 2.08. The summed E-state index contributed by atoms with van der Waals surface area (Å²) < 4.78 is 0. The Morgan fingerprint density at radius 1 is 1.28 bits per heavy atom. The minimum atomic E-state index is 0.454. The molecule has 0 amide bonds. The lowest BCUT2D eigenvalue weighted by molar-refractivity contribution is 0.581. The molecule has 0 saturated carbocycles. The normalized spacial score (nSPS) is 12.3. The van der Waals surface area contributed by atoms with Crippen LogP contribution >= 0.6 is 0 Å². The van der Waals surface area contributed by atoms with Crippen molar-refractivity contribution in [3.63, 3.8) is 0 Å². The second-order valence-corrected chi connectivity index (χ2v) is 5.44. The van der Waals surface area contributed by atoms with E-state index in [0.717, 1.165) is 13.0 Å². The molecule has 18 heavy (non-hydrogen) atoms. The summed E-state index contributed by atoms with van der Waals surface area (Å²) in [6.45, 7) is 12.0. The molecule has 1 atom stereocenters. The molecule has 1 nitrogen and oxygen atoms in total. The molecule has 0 bridgehead atoms. The second-order valence-electron chi connectivity index (χ2n) is 5.44. The summed E-state index contributed by atoms with van der Waals surface area (Å²) in [4.78, 5) is 0. The van der Waals surface area contributed by atoms with Gasteiger partial charge in [0.25, 0.3) is 0 Å². The largest absolute Gasteiger partial charge is 0.310 e. The highest BCUT2D eigenvalue weighted by Crippen LogP contribution is 2.14. The lowest BCUT2D eigenvalue weighted by Crippen LogP contribution is -2.30. The highest BCUT2D eigenvalue weighted by molar-refractivity contribution is 5.31. The third-order valence-corrected chi connectivity index (χ3v) is 3.14. The molecule has 1 heteroatoms. The summed E-state index contributed by atoms with van der Waals surface area (Å²) in [6, 6.07) is 7.18. The van der Waals surface area contributed by atoms with Crippen LogP contribution in [0, 0.1) is 13.8 Å². The van der Waals surface area contributed by atoms with Gasteiger partial charge in [0.2, 0.25) is 0 Å². The summed E-state index contributed by atoms with van der Waals surface area (Å²) in [6.07, 6.45) is 4.61. The van der Waals surface area contributed by atoms with E-state index < -0.39 is 0 Å². The van der Waals surface area contributed by atoms with E-state index in [1.165, 1.54) is 28.7 Å². The van der Waals surface area contributed by atoms with Crippen molar-refractivity contribution in [2.75, 3.05) is 6.54 Å². The molecule has 0 aromatic heterocycles. The minimum Gasteiger partial charge on any atom is -0.310 e. The smallest absolute Gasteiger partial charge is 0.0292 e. The van der Waals surface area contributed by atoms with Crippen molar-refractivity contribution in [3.05, 3.63) is 46.5 Å². The van der Waals surface area contributed by atoms with Crippen LogP contribution in [0.4, 0.5) is 0 Å². The highest BCUT2D eigenvalue weighted by atomic mass is 14.9. The number of hydrogen-bond donors (Lipinski definition) is 1. The lowest BCUT2D eigenvalue weighted by atomic mass is 9.98. The standard InChI is InChI=1S/C17H27N/c1-6-9-18-17(10-13(2)3)12-16-11-14(4)7-8-15(16)5/h7-8,10-11,17-18H,6,9,12H2,1-5H3.